The lowest BCUT2D eigenvalue weighted by Gasteiger charge is -2.01. The lowest BCUT2D eigenvalue weighted by Crippen LogP contribution is -2.04. The highest BCUT2D eigenvalue weighted by molar-refractivity contribution is 5.90. The number of carbonyl (C=O) groups excluding carboxylic acids is 1. The fraction of sp³-hybridized carbons (Fsp3) is 0.250. The molecule has 0 aliphatic carbocycles. The molecule has 0 bridgehead atoms. The lowest BCUT2D eigenvalue weighted by atomic mass is 10.1. The fourth-order valence-electron chi connectivity index (χ4n) is 1.11. The molecule has 4 nitrogen and oxygen atoms in total. The van der Waals surface area contributed by atoms with E-state index in [0.29, 0.717) is 17.7 Å². The minimum Gasteiger partial charge on any atom is -0.507 e. The first-order valence-corrected chi connectivity index (χ1v) is 4.74. The first-order valence-electron chi connectivity index (χ1n) is 4.74. The molecule has 84 valence electrons. The van der Waals surface area contributed by atoms with Crippen LogP contribution in [0, 0.1) is 11.8 Å². The monoisotopic (exact) mass is 219 g/mol. The molecule has 2 N–H and O–H groups in total. The predicted octanol–water partition coefficient (Wildman–Crippen LogP) is 0.750. The summed E-state index contributed by atoms with van der Waals surface area (Å²) >= 11 is 0. The van der Waals surface area contributed by atoms with Crippen LogP contribution in [0.4, 0.5) is 0 Å². The number of hydrogen-bond donors (Lipinski definition) is 2. The van der Waals surface area contributed by atoms with Gasteiger partial charge in [0.2, 0.25) is 0 Å². The Kier molecular flexibility index (Phi) is 4.37. The van der Waals surface area contributed by atoms with Crippen molar-refractivity contribution in [2.45, 2.75) is 0 Å². The molecule has 0 aromatic heterocycles. The summed E-state index contributed by atoms with van der Waals surface area (Å²) in [5.74, 6) is 5.10. The van der Waals surface area contributed by atoms with E-state index in [1.165, 1.54) is 13.2 Å². The number of hydrogen-bond acceptors (Lipinski definition) is 4. The van der Waals surface area contributed by atoms with Gasteiger partial charge in [-0.15, -0.1) is 0 Å². The quantitative estimate of drug-likeness (QED) is 0.569. The minimum atomic E-state index is -0.481. The van der Waals surface area contributed by atoms with Crippen molar-refractivity contribution < 1.29 is 14.6 Å². The zero-order valence-corrected chi connectivity index (χ0v) is 9.20. The summed E-state index contributed by atoms with van der Waals surface area (Å²) in [6.07, 6.45) is 0. The molecule has 0 saturated heterocycles. The maximum Gasteiger partial charge on any atom is 0.337 e. The van der Waals surface area contributed by atoms with Gasteiger partial charge in [0.1, 0.15) is 5.75 Å². The van der Waals surface area contributed by atoms with E-state index in [9.17, 15) is 9.90 Å². The third-order valence-corrected chi connectivity index (χ3v) is 1.91. The van der Waals surface area contributed by atoms with Crippen molar-refractivity contribution in [3.05, 3.63) is 29.3 Å². The summed E-state index contributed by atoms with van der Waals surface area (Å²) in [6, 6.07) is 4.49. The average molecular weight is 219 g/mol. The van der Waals surface area contributed by atoms with E-state index in [2.05, 4.69) is 21.9 Å². The predicted molar refractivity (Wildman–Crippen MR) is 60.3 cm³/mol. The summed E-state index contributed by atoms with van der Waals surface area (Å²) in [5.41, 5.74) is 0.794. The molecule has 0 fully saturated rings. The minimum absolute atomic E-state index is 0.0218. The van der Waals surface area contributed by atoms with Crippen LogP contribution in [0.5, 0.6) is 5.75 Å². The Labute approximate surface area is 94.2 Å². The van der Waals surface area contributed by atoms with Gasteiger partial charge in [-0.2, -0.15) is 0 Å². The van der Waals surface area contributed by atoms with Gasteiger partial charge in [-0.25, -0.2) is 4.79 Å². The van der Waals surface area contributed by atoms with Gasteiger partial charge >= 0.3 is 5.97 Å². The maximum absolute atomic E-state index is 11.2. The average Bonchev–Trinajstić information content (AvgIpc) is 2.30. The number of benzene rings is 1. The Bertz CT molecular complexity index is 443. The number of carbonyl (C=O) groups is 1. The van der Waals surface area contributed by atoms with Gasteiger partial charge < -0.3 is 15.2 Å². The highest BCUT2D eigenvalue weighted by Crippen LogP contribution is 2.18. The fourth-order valence-corrected chi connectivity index (χ4v) is 1.11. The van der Waals surface area contributed by atoms with Crippen LogP contribution in [0.3, 0.4) is 0 Å². The van der Waals surface area contributed by atoms with Crippen molar-refractivity contribution >= 4 is 5.97 Å². The van der Waals surface area contributed by atoms with Crippen molar-refractivity contribution in [2.24, 2.45) is 0 Å². The first-order chi connectivity index (χ1) is 7.69. The summed E-state index contributed by atoms with van der Waals surface area (Å²) in [7, 11) is 3.08. The highest BCUT2D eigenvalue weighted by atomic mass is 16.5. The molecule has 0 radical (unpaired) electrons. The van der Waals surface area contributed by atoms with E-state index in [1.807, 2.05) is 0 Å². The Hall–Kier alpha value is -1.99. The molecule has 0 aliphatic heterocycles. The molecule has 1 rings (SSSR count). The van der Waals surface area contributed by atoms with Crippen molar-refractivity contribution in [3.63, 3.8) is 0 Å². The van der Waals surface area contributed by atoms with E-state index < -0.39 is 5.97 Å². The Morgan fingerprint density at radius 2 is 2.31 bits per heavy atom. The molecule has 1 aromatic carbocycles. The van der Waals surface area contributed by atoms with Crippen LogP contribution in [-0.4, -0.2) is 31.8 Å². The Morgan fingerprint density at radius 1 is 1.56 bits per heavy atom. The van der Waals surface area contributed by atoms with Gasteiger partial charge in [0.25, 0.3) is 0 Å². The maximum atomic E-state index is 11.2. The van der Waals surface area contributed by atoms with Crippen LogP contribution in [0.25, 0.3) is 0 Å². The molecule has 0 aliphatic rings. The number of nitrogens with one attached hydrogen (secondary N) is 1. The van der Waals surface area contributed by atoms with Gasteiger partial charge in [-0.05, 0) is 25.2 Å². The van der Waals surface area contributed by atoms with E-state index in [-0.39, 0.29) is 5.75 Å². The second-order valence-electron chi connectivity index (χ2n) is 3.06. The van der Waals surface area contributed by atoms with Gasteiger partial charge in [-0.1, -0.05) is 11.8 Å². The first kappa shape index (κ1) is 12.1. The number of phenolic OH excluding ortho intramolecular Hbond substituents is 1. The van der Waals surface area contributed by atoms with E-state index in [4.69, 9.17) is 0 Å². The van der Waals surface area contributed by atoms with Crippen LogP contribution in [-0.2, 0) is 4.74 Å². The topological polar surface area (TPSA) is 58.6 Å². The standard InChI is InChI=1S/C12H13NO3/c1-13-7-3-4-9-5-6-10(8-11(9)14)12(15)16-2/h5-6,8,13-14H,7H2,1-2H3. The molecule has 0 spiro atoms. The lowest BCUT2D eigenvalue weighted by molar-refractivity contribution is 0.0600. The Balaban J connectivity index is 2.93. The van der Waals surface area contributed by atoms with Gasteiger partial charge in [0, 0.05) is 0 Å². The number of rotatable bonds is 2. The van der Waals surface area contributed by atoms with Gasteiger partial charge in [-0.3, -0.25) is 0 Å². The smallest absolute Gasteiger partial charge is 0.337 e. The highest BCUT2D eigenvalue weighted by Gasteiger charge is 2.07. The molecule has 0 amide bonds. The van der Waals surface area contributed by atoms with E-state index in [1.54, 1.807) is 19.2 Å². The van der Waals surface area contributed by atoms with Crippen molar-refractivity contribution in [1.82, 2.24) is 5.32 Å². The zero-order chi connectivity index (χ0) is 12.0. The summed E-state index contributed by atoms with van der Waals surface area (Å²) in [5, 5.41) is 12.5. The van der Waals surface area contributed by atoms with Gasteiger partial charge in [0.05, 0.1) is 24.8 Å². The summed E-state index contributed by atoms with van der Waals surface area (Å²) in [6.45, 7) is 0.540. The molecule has 0 heterocycles. The van der Waals surface area contributed by atoms with E-state index in [0.717, 1.165) is 0 Å². The van der Waals surface area contributed by atoms with E-state index >= 15 is 0 Å². The third kappa shape index (κ3) is 3.01. The molecule has 4 heteroatoms. The Morgan fingerprint density at radius 3 is 2.88 bits per heavy atom. The van der Waals surface area contributed by atoms with Crippen molar-refractivity contribution in [3.8, 4) is 17.6 Å². The van der Waals surface area contributed by atoms with Crippen LogP contribution >= 0.6 is 0 Å². The molecule has 0 atom stereocenters. The van der Waals surface area contributed by atoms with Crippen LogP contribution in [0.2, 0.25) is 0 Å². The van der Waals surface area contributed by atoms with Crippen molar-refractivity contribution in [1.29, 1.82) is 0 Å². The van der Waals surface area contributed by atoms with Crippen LogP contribution in [0.15, 0.2) is 18.2 Å². The molecule has 0 saturated carbocycles. The second-order valence-corrected chi connectivity index (χ2v) is 3.06. The van der Waals surface area contributed by atoms with Crippen molar-refractivity contribution in [2.75, 3.05) is 20.7 Å². The van der Waals surface area contributed by atoms with Crippen LogP contribution < -0.4 is 5.32 Å². The molecular weight excluding hydrogens is 206 g/mol. The largest absolute Gasteiger partial charge is 0.507 e. The SMILES string of the molecule is CNCC#Cc1ccc(C(=O)OC)cc1O. The molecular formula is C12H13NO3. The number of methoxy groups -OCH3 is 1. The number of ether oxygens (including phenoxy) is 1. The summed E-state index contributed by atoms with van der Waals surface area (Å²) in [4.78, 5) is 11.2. The molecule has 16 heavy (non-hydrogen) atoms. The molecule has 0 unspecified atom stereocenters. The number of aromatic hydroxyl groups is 1. The number of phenols is 1. The van der Waals surface area contributed by atoms with Crippen LogP contribution in [0.1, 0.15) is 15.9 Å². The normalized spacial score (nSPS) is 9.12. The van der Waals surface area contributed by atoms with Gasteiger partial charge in [0.15, 0.2) is 0 Å². The second kappa shape index (κ2) is 5.79. The third-order valence-electron chi connectivity index (χ3n) is 1.91. The zero-order valence-electron chi connectivity index (χ0n) is 9.20. The molecule has 1 aromatic rings. The number of esters is 1. The summed E-state index contributed by atoms with van der Waals surface area (Å²) < 4.78 is 4.53.